The van der Waals surface area contributed by atoms with Crippen molar-refractivity contribution in [2.75, 3.05) is 5.32 Å². The lowest BCUT2D eigenvalue weighted by Gasteiger charge is -2.00. The fraction of sp³-hybridized carbons (Fsp3) is 0. The zero-order chi connectivity index (χ0) is 12.3. The Bertz CT molecular complexity index is 542. The third-order valence-electron chi connectivity index (χ3n) is 2.14. The molecule has 0 unspecified atom stereocenters. The van der Waals surface area contributed by atoms with Gasteiger partial charge in [-0.05, 0) is 34.1 Å². The average molecular weight is 313 g/mol. The summed E-state index contributed by atoms with van der Waals surface area (Å²) in [6.07, 6.45) is 1.74. The van der Waals surface area contributed by atoms with Crippen LogP contribution in [0.1, 0.15) is 10.4 Å². The highest BCUT2D eigenvalue weighted by atomic mass is 79.9. The molecule has 0 saturated heterocycles. The van der Waals surface area contributed by atoms with Crippen molar-refractivity contribution >= 4 is 39.3 Å². The number of rotatable bonds is 2. The number of anilines is 1. The van der Waals surface area contributed by atoms with Gasteiger partial charge in [-0.3, -0.25) is 0 Å². The van der Waals surface area contributed by atoms with Crippen molar-refractivity contribution in [3.05, 3.63) is 57.7 Å². The number of carbonyl (C=O) groups is 1. The lowest BCUT2D eigenvalue weighted by atomic mass is 10.2. The van der Waals surface area contributed by atoms with Crippen molar-refractivity contribution < 1.29 is 9.78 Å². The first-order chi connectivity index (χ1) is 8.16. The number of nitrogens with one attached hydrogen (secondary N) is 2. The number of H-pyrrole nitrogens is 1. The highest BCUT2D eigenvalue weighted by Gasteiger charge is 2.15. The lowest BCUT2D eigenvalue weighted by molar-refractivity contribution is -0.361. The van der Waals surface area contributed by atoms with Crippen LogP contribution < -0.4 is 10.3 Å². The molecule has 2 rings (SSSR count). The maximum Gasteiger partial charge on any atom is 0.340 e. The summed E-state index contributed by atoms with van der Waals surface area (Å²) in [6.45, 7) is 0. The van der Waals surface area contributed by atoms with Gasteiger partial charge in [-0.25, -0.2) is 15.1 Å². The van der Waals surface area contributed by atoms with Gasteiger partial charge in [-0.15, -0.1) is 0 Å². The van der Waals surface area contributed by atoms with Gasteiger partial charge in [-0.2, -0.15) is 0 Å². The fourth-order valence-electron chi connectivity index (χ4n) is 1.32. The fourth-order valence-corrected chi connectivity index (χ4v) is 1.79. The number of hydrogen-bond acceptors (Lipinski definition) is 1. The molecule has 0 saturated carbocycles. The van der Waals surface area contributed by atoms with Gasteiger partial charge >= 0.3 is 5.91 Å². The van der Waals surface area contributed by atoms with Crippen molar-refractivity contribution in [3.8, 4) is 0 Å². The molecule has 5 heteroatoms. The van der Waals surface area contributed by atoms with Crippen LogP contribution >= 0.6 is 27.5 Å². The minimum absolute atomic E-state index is 0.242. The van der Waals surface area contributed by atoms with E-state index < -0.39 is 0 Å². The Balaban J connectivity index is 2.17. The topological polar surface area (TPSA) is 43.2 Å². The van der Waals surface area contributed by atoms with Crippen LogP contribution in [0.3, 0.4) is 0 Å². The van der Waals surface area contributed by atoms with E-state index in [-0.39, 0.29) is 5.91 Å². The first kappa shape index (κ1) is 12.1. The molecular weight excluding hydrogens is 304 g/mol. The van der Waals surface area contributed by atoms with Crippen LogP contribution in [0.15, 0.2) is 47.1 Å². The first-order valence-electron chi connectivity index (χ1n) is 4.90. The Labute approximate surface area is 112 Å². The summed E-state index contributed by atoms with van der Waals surface area (Å²) < 4.78 is 0.910. The van der Waals surface area contributed by atoms with Gasteiger partial charge in [0.1, 0.15) is 6.20 Å². The molecule has 0 spiro atoms. The van der Waals surface area contributed by atoms with E-state index in [1.165, 1.54) is 0 Å². The average Bonchev–Trinajstić information content (AvgIpc) is 2.32. The van der Waals surface area contributed by atoms with E-state index in [4.69, 9.17) is 11.6 Å². The SMILES string of the molecule is O=C(Nc1ccc(Br)c[nH+]1)c1ccccc1Cl. The Morgan fingerprint density at radius 3 is 2.65 bits per heavy atom. The summed E-state index contributed by atoms with van der Waals surface area (Å²) >= 11 is 9.24. The summed E-state index contributed by atoms with van der Waals surface area (Å²) in [5.74, 6) is 0.368. The summed E-state index contributed by atoms with van der Waals surface area (Å²) in [6, 6.07) is 10.5. The van der Waals surface area contributed by atoms with Crippen molar-refractivity contribution in [1.82, 2.24) is 0 Å². The molecule has 0 radical (unpaired) electrons. The van der Waals surface area contributed by atoms with Crippen LogP contribution in [0, 0.1) is 0 Å². The second-order valence-electron chi connectivity index (χ2n) is 3.35. The van der Waals surface area contributed by atoms with Crippen LogP contribution in [-0.2, 0) is 0 Å². The van der Waals surface area contributed by atoms with Gasteiger partial charge in [0.15, 0.2) is 0 Å². The molecule has 1 amide bonds. The molecule has 2 aromatic rings. The van der Waals surface area contributed by atoms with Crippen molar-refractivity contribution in [1.29, 1.82) is 0 Å². The summed E-state index contributed by atoms with van der Waals surface area (Å²) in [7, 11) is 0. The van der Waals surface area contributed by atoms with E-state index in [2.05, 4.69) is 26.2 Å². The lowest BCUT2D eigenvalue weighted by Crippen LogP contribution is -2.19. The van der Waals surface area contributed by atoms with E-state index in [1.807, 2.05) is 6.07 Å². The molecule has 1 aromatic carbocycles. The second-order valence-corrected chi connectivity index (χ2v) is 4.68. The third kappa shape index (κ3) is 3.05. The number of aromatic amines is 1. The summed E-state index contributed by atoms with van der Waals surface area (Å²) in [5, 5.41) is 3.16. The maximum atomic E-state index is 11.9. The Morgan fingerprint density at radius 1 is 1.24 bits per heavy atom. The Hall–Kier alpha value is -1.39. The molecule has 0 aliphatic carbocycles. The minimum atomic E-state index is -0.242. The van der Waals surface area contributed by atoms with Crippen molar-refractivity contribution in [2.45, 2.75) is 0 Å². The maximum absolute atomic E-state index is 11.9. The summed E-state index contributed by atoms with van der Waals surface area (Å²) in [4.78, 5) is 14.8. The zero-order valence-electron chi connectivity index (χ0n) is 8.71. The van der Waals surface area contributed by atoms with Crippen LogP contribution in [0.4, 0.5) is 5.82 Å². The molecule has 0 bridgehead atoms. The standard InChI is InChI=1S/C12H8BrClN2O/c13-8-5-6-11(15-7-8)16-12(17)9-3-1-2-4-10(9)14/h1-7H,(H,15,16,17)/p+1. The minimum Gasteiger partial charge on any atom is -0.246 e. The number of carbonyl (C=O) groups excluding carboxylic acids is 1. The Morgan fingerprint density at radius 2 is 2.00 bits per heavy atom. The molecular formula is C12H9BrClN2O+. The van der Waals surface area contributed by atoms with Crippen LogP contribution in [0.25, 0.3) is 0 Å². The van der Waals surface area contributed by atoms with Gasteiger partial charge in [0, 0.05) is 6.07 Å². The number of halogens is 2. The highest BCUT2D eigenvalue weighted by Crippen LogP contribution is 2.16. The van der Waals surface area contributed by atoms with Crippen molar-refractivity contribution in [3.63, 3.8) is 0 Å². The zero-order valence-corrected chi connectivity index (χ0v) is 11.0. The van der Waals surface area contributed by atoms with E-state index in [1.54, 1.807) is 36.5 Å². The molecule has 1 aromatic heterocycles. The van der Waals surface area contributed by atoms with E-state index >= 15 is 0 Å². The van der Waals surface area contributed by atoms with Gasteiger partial charge in [0.05, 0.1) is 15.1 Å². The third-order valence-corrected chi connectivity index (χ3v) is 2.96. The number of amides is 1. The smallest absolute Gasteiger partial charge is 0.246 e. The van der Waals surface area contributed by atoms with E-state index in [9.17, 15) is 4.79 Å². The molecule has 2 N–H and O–H groups in total. The number of pyridine rings is 1. The normalized spacial score (nSPS) is 10.0. The van der Waals surface area contributed by atoms with Crippen LogP contribution in [0.5, 0.6) is 0 Å². The molecule has 3 nitrogen and oxygen atoms in total. The van der Waals surface area contributed by atoms with E-state index in [0.29, 0.717) is 16.4 Å². The van der Waals surface area contributed by atoms with Crippen LogP contribution in [0.2, 0.25) is 5.02 Å². The molecule has 86 valence electrons. The van der Waals surface area contributed by atoms with Crippen LogP contribution in [-0.4, -0.2) is 5.91 Å². The largest absolute Gasteiger partial charge is 0.340 e. The predicted octanol–water partition coefficient (Wildman–Crippen LogP) is 3.17. The second kappa shape index (κ2) is 5.29. The number of benzene rings is 1. The molecule has 0 fully saturated rings. The number of aromatic nitrogens is 1. The van der Waals surface area contributed by atoms with Crippen molar-refractivity contribution in [2.24, 2.45) is 0 Å². The quantitative estimate of drug-likeness (QED) is 0.909. The molecule has 0 aliphatic heterocycles. The monoisotopic (exact) mass is 311 g/mol. The van der Waals surface area contributed by atoms with Gasteiger partial charge in [-0.1, -0.05) is 23.7 Å². The summed E-state index contributed by atoms with van der Waals surface area (Å²) in [5.41, 5.74) is 0.450. The van der Waals surface area contributed by atoms with E-state index in [0.717, 1.165) is 4.47 Å². The Kier molecular flexibility index (Phi) is 3.76. The first-order valence-corrected chi connectivity index (χ1v) is 6.07. The highest BCUT2D eigenvalue weighted by molar-refractivity contribution is 9.10. The van der Waals surface area contributed by atoms with Gasteiger partial charge < -0.3 is 0 Å². The number of hydrogen-bond donors (Lipinski definition) is 1. The predicted molar refractivity (Wildman–Crippen MR) is 70.1 cm³/mol. The molecule has 1 heterocycles. The molecule has 0 aliphatic rings. The molecule has 17 heavy (non-hydrogen) atoms. The molecule has 0 atom stereocenters. The van der Waals surface area contributed by atoms with Gasteiger partial charge in [0.25, 0.3) is 5.82 Å². The van der Waals surface area contributed by atoms with Gasteiger partial charge in [0.2, 0.25) is 0 Å².